The molecule has 0 aromatic heterocycles. The van der Waals surface area contributed by atoms with E-state index in [-0.39, 0.29) is 58.2 Å². The number of hydrogen-bond donors (Lipinski definition) is 3. The molecule has 0 saturated carbocycles. The molecule has 6 nitrogen and oxygen atoms in total. The Hall–Kier alpha value is -0.0969. The summed E-state index contributed by atoms with van der Waals surface area (Å²) in [5.74, 6) is -0.644. The molecular weight excluding hydrogens is 319 g/mol. The molecule has 0 fully saturated rings. The molecule has 110 valence electrons. The quantitative estimate of drug-likeness (QED) is 0.485. The van der Waals surface area contributed by atoms with Crippen LogP contribution in [0.2, 0.25) is 0 Å². The maximum absolute atomic E-state index is 10.2. The average Bonchev–Trinajstić information content (AvgIpc) is 2.20. The minimum atomic E-state index is -0.475. The van der Waals surface area contributed by atoms with E-state index in [9.17, 15) is 9.59 Å². The van der Waals surface area contributed by atoms with E-state index in [1.165, 1.54) is 14.0 Å². The summed E-state index contributed by atoms with van der Waals surface area (Å²) >= 11 is 0. The maximum atomic E-state index is 10.2. The van der Waals surface area contributed by atoms with Crippen molar-refractivity contribution in [3.63, 3.8) is 0 Å². The molecule has 7 heteroatoms. The Morgan fingerprint density at radius 3 is 1.22 bits per heavy atom. The van der Waals surface area contributed by atoms with Crippen molar-refractivity contribution >= 4 is 11.8 Å². The predicted molar refractivity (Wildman–Crippen MR) is 65.6 cm³/mol. The van der Waals surface area contributed by atoms with Crippen molar-refractivity contribution in [3.8, 4) is 0 Å². The summed E-state index contributed by atoms with van der Waals surface area (Å²) in [7, 11) is 1.26. The summed E-state index contributed by atoms with van der Waals surface area (Å²) in [6.07, 6.45) is -0.115. The Bertz CT molecular complexity index is 148. The van der Waals surface area contributed by atoms with Gasteiger partial charge in [-0.15, -0.1) is 0 Å². The molecule has 0 saturated heterocycles. The zero-order chi connectivity index (χ0) is 14.7. The Morgan fingerprint density at radius 2 is 1.17 bits per heavy atom. The van der Waals surface area contributed by atoms with Gasteiger partial charge in [0.1, 0.15) is 12.2 Å². The van der Waals surface area contributed by atoms with Crippen LogP contribution in [0.5, 0.6) is 0 Å². The minimum Gasteiger partial charge on any atom is -0.469 e. The Kier molecular flexibility index (Phi) is 61.4. The van der Waals surface area contributed by atoms with Gasteiger partial charge in [-0.05, 0) is 27.7 Å². The van der Waals surface area contributed by atoms with Crippen LogP contribution in [0.1, 0.15) is 34.1 Å². The number of hydrogen-bond acceptors (Lipinski definition) is 6. The molecule has 0 unspecified atom stereocenters. The molecule has 0 rings (SSSR count). The largest absolute Gasteiger partial charge is 0.469 e. The average molecular weight is 346 g/mol. The van der Waals surface area contributed by atoms with Crippen LogP contribution in [0.4, 0.5) is 0 Å². The molecule has 0 atom stereocenters. The Labute approximate surface area is 128 Å². The van der Waals surface area contributed by atoms with Crippen LogP contribution in [-0.2, 0) is 40.5 Å². The smallest absolute Gasteiger partial charge is 0.313 e. The summed E-state index contributed by atoms with van der Waals surface area (Å²) in [4.78, 5) is 20.3. The summed E-state index contributed by atoms with van der Waals surface area (Å²) in [5.41, 5.74) is 0. The van der Waals surface area contributed by atoms with Crippen molar-refractivity contribution in [3.05, 3.63) is 0 Å². The molecule has 0 heterocycles. The number of ether oxygens (including phenoxy) is 1. The van der Waals surface area contributed by atoms with Crippen LogP contribution in [0.25, 0.3) is 0 Å². The standard InChI is InChI=1S/C5H8O3.3C2H6O.Zr/c1-4(6)3-5(7)8-2;3*1-2-3;/h3H2,1-2H3;3*3H,2H2,1H3;. The summed E-state index contributed by atoms with van der Waals surface area (Å²) in [6.45, 7) is 7.14. The molecule has 0 aliphatic carbocycles. The van der Waals surface area contributed by atoms with E-state index in [2.05, 4.69) is 4.74 Å². The maximum Gasteiger partial charge on any atom is 0.313 e. The van der Waals surface area contributed by atoms with Crippen LogP contribution in [0.15, 0.2) is 0 Å². The van der Waals surface area contributed by atoms with Gasteiger partial charge in [0, 0.05) is 46.0 Å². The van der Waals surface area contributed by atoms with E-state index in [1.807, 2.05) is 0 Å². The number of carbonyl (C=O) groups excluding carboxylic acids is 2. The van der Waals surface area contributed by atoms with Gasteiger partial charge in [0.15, 0.2) is 0 Å². The molecule has 0 amide bonds. The molecule has 0 aliphatic heterocycles. The van der Waals surface area contributed by atoms with Gasteiger partial charge in [-0.3, -0.25) is 9.59 Å². The second kappa shape index (κ2) is 36.0. The zero-order valence-corrected chi connectivity index (χ0v) is 14.4. The van der Waals surface area contributed by atoms with Gasteiger partial charge in [-0.25, -0.2) is 0 Å². The number of carbonyl (C=O) groups is 2. The second-order valence-corrected chi connectivity index (χ2v) is 2.40. The van der Waals surface area contributed by atoms with Gasteiger partial charge in [0.2, 0.25) is 0 Å². The number of methoxy groups -OCH3 is 1. The van der Waals surface area contributed by atoms with Gasteiger partial charge in [-0.1, -0.05) is 0 Å². The predicted octanol–water partition coefficient (Wildman–Crippen LogP) is 0.132. The van der Waals surface area contributed by atoms with E-state index in [4.69, 9.17) is 15.3 Å². The summed E-state index contributed by atoms with van der Waals surface area (Å²) < 4.78 is 4.20. The molecule has 0 aromatic rings. The zero-order valence-electron chi connectivity index (χ0n) is 11.9. The minimum absolute atomic E-state index is 0. The number of Topliss-reactive ketones (excluding diaryl/α,β-unsaturated/α-hetero) is 1. The summed E-state index contributed by atoms with van der Waals surface area (Å²) in [5, 5.41) is 22.7. The molecule has 0 radical (unpaired) electrons. The molecule has 0 spiro atoms. The van der Waals surface area contributed by atoms with Crippen LogP contribution >= 0.6 is 0 Å². The first-order valence-electron chi connectivity index (χ1n) is 5.30. The normalized spacial score (nSPS) is 6.67. The number of aliphatic hydroxyl groups excluding tert-OH is 3. The Morgan fingerprint density at radius 1 is 0.944 bits per heavy atom. The van der Waals surface area contributed by atoms with Crippen molar-refractivity contribution < 1.29 is 55.8 Å². The van der Waals surface area contributed by atoms with Gasteiger partial charge in [0.25, 0.3) is 0 Å². The number of ketones is 1. The Balaban J connectivity index is -0.0000000477. The van der Waals surface area contributed by atoms with Crippen LogP contribution < -0.4 is 0 Å². The monoisotopic (exact) mass is 344 g/mol. The van der Waals surface area contributed by atoms with Gasteiger partial charge in [0.05, 0.1) is 7.11 Å². The SMILES string of the molecule is CCO.CCO.CCO.COC(=O)CC(C)=O.[Zr]. The van der Waals surface area contributed by atoms with E-state index in [1.54, 1.807) is 20.8 Å². The van der Waals surface area contributed by atoms with Gasteiger partial charge < -0.3 is 20.1 Å². The first-order chi connectivity index (χ1) is 7.91. The fraction of sp³-hybridized carbons (Fsp3) is 0.818. The van der Waals surface area contributed by atoms with Crippen LogP contribution in [-0.4, -0.2) is 54.0 Å². The van der Waals surface area contributed by atoms with Crippen molar-refractivity contribution in [1.29, 1.82) is 0 Å². The first kappa shape index (κ1) is 30.7. The molecule has 18 heavy (non-hydrogen) atoms. The first-order valence-corrected chi connectivity index (χ1v) is 5.30. The topological polar surface area (TPSA) is 104 Å². The van der Waals surface area contributed by atoms with Gasteiger partial charge in [-0.2, -0.15) is 0 Å². The number of aliphatic hydroxyl groups is 3. The fourth-order valence-electron chi connectivity index (χ4n) is 0.275. The molecule has 0 aliphatic rings. The molecule has 0 aromatic carbocycles. The van der Waals surface area contributed by atoms with Crippen molar-refractivity contribution in [2.45, 2.75) is 34.1 Å². The van der Waals surface area contributed by atoms with Crippen molar-refractivity contribution in [2.24, 2.45) is 0 Å². The van der Waals surface area contributed by atoms with E-state index < -0.39 is 5.97 Å². The van der Waals surface area contributed by atoms with E-state index >= 15 is 0 Å². The van der Waals surface area contributed by atoms with Gasteiger partial charge >= 0.3 is 5.97 Å². The second-order valence-electron chi connectivity index (χ2n) is 2.40. The molecule has 3 N–H and O–H groups in total. The van der Waals surface area contributed by atoms with E-state index in [0.29, 0.717) is 0 Å². The molecule has 0 bridgehead atoms. The summed E-state index contributed by atoms with van der Waals surface area (Å²) in [6, 6.07) is 0. The van der Waals surface area contributed by atoms with Crippen LogP contribution in [0.3, 0.4) is 0 Å². The number of rotatable bonds is 2. The third-order valence-electron chi connectivity index (χ3n) is 0.621. The molecular formula is C11H26O6Zr. The number of esters is 1. The van der Waals surface area contributed by atoms with Crippen LogP contribution in [0, 0.1) is 0 Å². The van der Waals surface area contributed by atoms with Crippen molar-refractivity contribution in [2.75, 3.05) is 26.9 Å². The fourth-order valence-corrected chi connectivity index (χ4v) is 0.275. The third-order valence-corrected chi connectivity index (χ3v) is 0.621. The third kappa shape index (κ3) is 101. The van der Waals surface area contributed by atoms with Crippen molar-refractivity contribution in [1.82, 2.24) is 0 Å². The van der Waals surface area contributed by atoms with E-state index in [0.717, 1.165) is 0 Å².